The summed E-state index contributed by atoms with van der Waals surface area (Å²) >= 11 is 6.16. The number of rotatable bonds is 5. The first-order valence-corrected chi connectivity index (χ1v) is 9.55. The largest absolute Gasteiger partial charge is 0.332 e. The Kier molecular flexibility index (Phi) is 6.16. The van der Waals surface area contributed by atoms with E-state index in [1.165, 1.54) is 6.20 Å². The molecule has 3 rings (SSSR count). The molecule has 26 heavy (non-hydrogen) atoms. The van der Waals surface area contributed by atoms with E-state index in [0.717, 1.165) is 37.8 Å². The van der Waals surface area contributed by atoms with Crippen molar-refractivity contribution in [2.75, 3.05) is 6.54 Å². The molecule has 1 aliphatic heterocycles. The van der Waals surface area contributed by atoms with Crippen LogP contribution < -0.4 is 22.1 Å². The summed E-state index contributed by atoms with van der Waals surface area (Å²) in [7, 11) is 0. The minimum Gasteiger partial charge on any atom is -0.332 e. The standard InChI is InChI=1S/C19H27ClFN5/c20-16-4-2-1-3-15(16)11-24-18-25-12-17(21)19(23,26-18)9-13-5-7-14(10-22)8-6-13/h1-4,12-14H,5-11,22-23H2,(H2,24,25,26). The van der Waals surface area contributed by atoms with Crippen molar-refractivity contribution in [3.8, 4) is 0 Å². The van der Waals surface area contributed by atoms with Crippen molar-refractivity contribution >= 4 is 17.6 Å². The topological polar surface area (TPSA) is 88.5 Å². The Bertz CT molecular complexity index is 684. The molecule has 0 amide bonds. The van der Waals surface area contributed by atoms with Crippen molar-refractivity contribution in [3.63, 3.8) is 0 Å². The monoisotopic (exact) mass is 379 g/mol. The molecule has 1 heterocycles. The number of benzene rings is 1. The lowest BCUT2D eigenvalue weighted by Gasteiger charge is -2.38. The average molecular weight is 380 g/mol. The van der Waals surface area contributed by atoms with E-state index < -0.39 is 11.5 Å². The summed E-state index contributed by atoms with van der Waals surface area (Å²) in [5.41, 5.74) is 11.8. The Morgan fingerprint density at radius 2 is 1.88 bits per heavy atom. The van der Waals surface area contributed by atoms with Gasteiger partial charge in [0.05, 0.1) is 6.54 Å². The molecule has 6 N–H and O–H groups in total. The van der Waals surface area contributed by atoms with Crippen LogP contribution in [0.25, 0.3) is 0 Å². The fourth-order valence-electron chi connectivity index (χ4n) is 3.72. The van der Waals surface area contributed by atoms with Gasteiger partial charge in [0.2, 0.25) is 0 Å². The molecule has 142 valence electrons. The molecule has 1 atom stereocenters. The van der Waals surface area contributed by atoms with Gasteiger partial charge in [0.25, 0.3) is 0 Å². The molecule has 0 bridgehead atoms. The van der Waals surface area contributed by atoms with E-state index in [1.807, 2.05) is 24.3 Å². The molecule has 2 aliphatic rings. The fourth-order valence-corrected chi connectivity index (χ4v) is 3.91. The predicted octanol–water partition coefficient (Wildman–Crippen LogP) is 3.01. The normalized spacial score (nSPS) is 30.5. The molecule has 1 unspecified atom stereocenters. The lowest BCUT2D eigenvalue weighted by Crippen LogP contribution is -2.62. The van der Waals surface area contributed by atoms with Crippen LogP contribution in [0.1, 0.15) is 37.7 Å². The number of hydrogen-bond donors (Lipinski definition) is 4. The predicted molar refractivity (Wildman–Crippen MR) is 104 cm³/mol. The van der Waals surface area contributed by atoms with Gasteiger partial charge in [0.1, 0.15) is 5.66 Å². The summed E-state index contributed by atoms with van der Waals surface area (Å²) in [6, 6.07) is 7.52. The van der Waals surface area contributed by atoms with Crippen LogP contribution in [0.5, 0.6) is 0 Å². The van der Waals surface area contributed by atoms with Crippen molar-refractivity contribution in [2.45, 2.75) is 44.3 Å². The molecule has 0 aromatic heterocycles. The molecule has 1 aliphatic carbocycles. The maximum absolute atomic E-state index is 14.4. The SMILES string of the molecule is NCC1CCC(CC2(N)NC(=NCc3ccccc3Cl)NC=C2F)CC1. The first kappa shape index (κ1) is 19.1. The zero-order valence-corrected chi connectivity index (χ0v) is 15.6. The highest BCUT2D eigenvalue weighted by molar-refractivity contribution is 6.31. The van der Waals surface area contributed by atoms with Gasteiger partial charge in [-0.3, -0.25) is 0 Å². The van der Waals surface area contributed by atoms with Crippen LogP contribution in [-0.4, -0.2) is 18.2 Å². The van der Waals surface area contributed by atoms with Crippen LogP contribution in [0, 0.1) is 11.8 Å². The number of aliphatic imine (C=N–C) groups is 1. The van der Waals surface area contributed by atoms with Gasteiger partial charge in [-0.1, -0.05) is 29.8 Å². The molecule has 0 spiro atoms. The summed E-state index contributed by atoms with van der Waals surface area (Å²) in [4.78, 5) is 4.46. The van der Waals surface area contributed by atoms with Crippen LogP contribution in [0.3, 0.4) is 0 Å². The summed E-state index contributed by atoms with van der Waals surface area (Å²) in [5, 5.41) is 6.53. The second-order valence-electron chi connectivity index (χ2n) is 7.32. The second kappa shape index (κ2) is 8.37. The number of guanidine groups is 1. The molecular formula is C19H27ClFN5. The first-order chi connectivity index (χ1) is 12.5. The molecular weight excluding hydrogens is 353 g/mol. The molecule has 0 saturated heterocycles. The van der Waals surface area contributed by atoms with Crippen LogP contribution in [-0.2, 0) is 6.54 Å². The lowest BCUT2D eigenvalue weighted by molar-refractivity contribution is 0.210. The smallest absolute Gasteiger partial charge is 0.197 e. The molecule has 1 fully saturated rings. The first-order valence-electron chi connectivity index (χ1n) is 9.18. The third-order valence-electron chi connectivity index (χ3n) is 5.38. The Balaban J connectivity index is 1.64. The van der Waals surface area contributed by atoms with Gasteiger partial charge in [-0.2, -0.15) is 0 Å². The van der Waals surface area contributed by atoms with Gasteiger partial charge in [0.15, 0.2) is 11.8 Å². The van der Waals surface area contributed by atoms with E-state index in [-0.39, 0.29) is 0 Å². The van der Waals surface area contributed by atoms with Crippen LogP contribution >= 0.6 is 11.6 Å². The lowest BCUT2D eigenvalue weighted by atomic mass is 9.77. The van der Waals surface area contributed by atoms with Crippen molar-refractivity contribution in [2.24, 2.45) is 28.3 Å². The summed E-state index contributed by atoms with van der Waals surface area (Å²) < 4.78 is 14.4. The van der Waals surface area contributed by atoms with Gasteiger partial charge in [0, 0.05) is 11.2 Å². The molecule has 1 saturated carbocycles. The van der Waals surface area contributed by atoms with Crippen LogP contribution in [0.4, 0.5) is 4.39 Å². The zero-order chi connectivity index (χ0) is 18.6. The zero-order valence-electron chi connectivity index (χ0n) is 14.8. The van der Waals surface area contributed by atoms with Gasteiger partial charge in [-0.15, -0.1) is 0 Å². The Morgan fingerprint density at radius 3 is 2.58 bits per heavy atom. The highest BCUT2D eigenvalue weighted by Crippen LogP contribution is 2.34. The van der Waals surface area contributed by atoms with Crippen LogP contribution in [0.15, 0.2) is 41.3 Å². The third kappa shape index (κ3) is 4.55. The van der Waals surface area contributed by atoms with Gasteiger partial charge in [-0.25, -0.2) is 9.38 Å². The number of nitrogens with two attached hydrogens (primary N) is 2. The number of nitrogens with one attached hydrogen (secondary N) is 2. The van der Waals surface area contributed by atoms with E-state index >= 15 is 0 Å². The maximum atomic E-state index is 14.4. The van der Waals surface area contributed by atoms with E-state index in [4.69, 9.17) is 23.1 Å². The Hall–Kier alpha value is -1.63. The van der Waals surface area contributed by atoms with Crippen molar-refractivity contribution in [3.05, 3.63) is 46.9 Å². The fraction of sp³-hybridized carbons (Fsp3) is 0.526. The van der Waals surface area contributed by atoms with E-state index in [2.05, 4.69) is 15.6 Å². The van der Waals surface area contributed by atoms with Crippen LogP contribution in [0.2, 0.25) is 5.02 Å². The molecule has 1 aromatic carbocycles. The minimum atomic E-state index is -1.22. The van der Waals surface area contributed by atoms with Crippen molar-refractivity contribution < 1.29 is 4.39 Å². The third-order valence-corrected chi connectivity index (χ3v) is 5.75. The summed E-state index contributed by atoms with van der Waals surface area (Å²) in [6.45, 7) is 1.12. The average Bonchev–Trinajstić information content (AvgIpc) is 2.64. The quantitative estimate of drug-likeness (QED) is 0.633. The Labute approximate surface area is 159 Å². The second-order valence-corrected chi connectivity index (χ2v) is 7.72. The minimum absolute atomic E-state index is 0.386. The Morgan fingerprint density at radius 1 is 1.19 bits per heavy atom. The van der Waals surface area contributed by atoms with Gasteiger partial charge < -0.3 is 22.1 Å². The molecule has 7 heteroatoms. The number of halogens is 2. The summed E-state index contributed by atoms with van der Waals surface area (Å²) in [5.74, 6) is 1.05. The summed E-state index contributed by atoms with van der Waals surface area (Å²) in [6.07, 6.45) is 6.10. The molecule has 0 radical (unpaired) electrons. The number of nitrogens with zero attached hydrogens (tertiary/aromatic N) is 1. The molecule has 1 aromatic rings. The molecule has 5 nitrogen and oxygen atoms in total. The highest BCUT2D eigenvalue weighted by atomic mass is 35.5. The number of hydrogen-bond acceptors (Lipinski definition) is 3. The van der Waals surface area contributed by atoms with E-state index in [1.54, 1.807) is 0 Å². The van der Waals surface area contributed by atoms with Gasteiger partial charge >= 0.3 is 0 Å². The van der Waals surface area contributed by atoms with Gasteiger partial charge in [-0.05, 0) is 62.1 Å². The maximum Gasteiger partial charge on any atom is 0.197 e. The van der Waals surface area contributed by atoms with E-state index in [0.29, 0.717) is 35.8 Å². The van der Waals surface area contributed by atoms with E-state index in [9.17, 15) is 4.39 Å². The highest BCUT2D eigenvalue weighted by Gasteiger charge is 2.38. The van der Waals surface area contributed by atoms with Crippen molar-refractivity contribution in [1.82, 2.24) is 10.6 Å². The van der Waals surface area contributed by atoms with Crippen molar-refractivity contribution in [1.29, 1.82) is 0 Å².